The van der Waals surface area contributed by atoms with Crippen LogP contribution >= 0.6 is 0 Å². The van der Waals surface area contributed by atoms with Crippen molar-refractivity contribution in [1.82, 2.24) is 10.3 Å². The lowest BCUT2D eigenvalue weighted by Gasteiger charge is -2.26. The lowest BCUT2D eigenvalue weighted by atomic mass is 9.80. The number of pyridine rings is 1. The Morgan fingerprint density at radius 1 is 1.15 bits per heavy atom. The van der Waals surface area contributed by atoms with Crippen LogP contribution in [0.25, 0.3) is 10.8 Å². The monoisotopic (exact) mass is 268 g/mol. The molecule has 2 atom stereocenters. The zero-order valence-corrected chi connectivity index (χ0v) is 12.3. The van der Waals surface area contributed by atoms with Gasteiger partial charge in [-0.2, -0.15) is 0 Å². The number of hydrogen-bond donors (Lipinski definition) is 1. The lowest BCUT2D eigenvalue weighted by molar-refractivity contribution is 0.388. The SMILES string of the molecule is CNCC1CCCCCC1c1cccc2cnccc12. The standard InChI is InChI=1S/C18H24N2/c1-19-12-14-6-3-2-4-8-16(14)18-9-5-7-15-13-20-11-10-17(15)18/h5,7,9-11,13-14,16,19H,2-4,6,8,12H2,1H3. The van der Waals surface area contributed by atoms with Crippen LogP contribution in [0.1, 0.15) is 43.6 Å². The molecule has 106 valence electrons. The van der Waals surface area contributed by atoms with Crippen LogP contribution in [0.5, 0.6) is 0 Å². The summed E-state index contributed by atoms with van der Waals surface area (Å²) in [6, 6.07) is 8.89. The molecular weight excluding hydrogens is 244 g/mol. The molecule has 1 N–H and O–H groups in total. The van der Waals surface area contributed by atoms with Gasteiger partial charge in [-0.3, -0.25) is 4.98 Å². The molecule has 0 bridgehead atoms. The van der Waals surface area contributed by atoms with E-state index in [0.29, 0.717) is 5.92 Å². The minimum atomic E-state index is 0.691. The number of aromatic nitrogens is 1. The van der Waals surface area contributed by atoms with Gasteiger partial charge in [0.05, 0.1) is 0 Å². The molecule has 0 aliphatic heterocycles. The van der Waals surface area contributed by atoms with E-state index in [1.807, 2.05) is 12.4 Å². The molecule has 2 nitrogen and oxygen atoms in total. The van der Waals surface area contributed by atoms with E-state index in [1.165, 1.54) is 48.4 Å². The molecule has 2 aromatic rings. The van der Waals surface area contributed by atoms with Crippen LogP contribution in [-0.2, 0) is 0 Å². The van der Waals surface area contributed by atoms with Crippen LogP contribution < -0.4 is 5.32 Å². The molecule has 20 heavy (non-hydrogen) atoms. The molecule has 0 radical (unpaired) electrons. The number of nitrogens with zero attached hydrogens (tertiary/aromatic N) is 1. The van der Waals surface area contributed by atoms with Crippen molar-refractivity contribution in [2.24, 2.45) is 5.92 Å². The highest BCUT2D eigenvalue weighted by Crippen LogP contribution is 2.39. The van der Waals surface area contributed by atoms with Gasteiger partial charge in [0.2, 0.25) is 0 Å². The van der Waals surface area contributed by atoms with E-state index in [4.69, 9.17) is 0 Å². The second-order valence-electron chi connectivity index (χ2n) is 6.01. The second kappa shape index (κ2) is 6.36. The molecule has 2 heteroatoms. The second-order valence-corrected chi connectivity index (χ2v) is 6.01. The fourth-order valence-electron chi connectivity index (χ4n) is 3.77. The summed E-state index contributed by atoms with van der Waals surface area (Å²) in [5.74, 6) is 1.46. The first kappa shape index (κ1) is 13.6. The summed E-state index contributed by atoms with van der Waals surface area (Å²) in [7, 11) is 2.08. The summed E-state index contributed by atoms with van der Waals surface area (Å²) in [6.45, 7) is 1.13. The van der Waals surface area contributed by atoms with Crippen molar-refractivity contribution in [1.29, 1.82) is 0 Å². The molecule has 1 aliphatic rings. The number of hydrogen-bond acceptors (Lipinski definition) is 2. The van der Waals surface area contributed by atoms with Crippen LogP contribution in [0.4, 0.5) is 0 Å². The van der Waals surface area contributed by atoms with Gasteiger partial charge >= 0.3 is 0 Å². The zero-order valence-electron chi connectivity index (χ0n) is 12.3. The Labute approximate surface area is 121 Å². The molecule has 2 unspecified atom stereocenters. The topological polar surface area (TPSA) is 24.9 Å². The minimum Gasteiger partial charge on any atom is -0.319 e. The van der Waals surface area contributed by atoms with Crippen molar-refractivity contribution >= 4 is 10.8 Å². The fourth-order valence-corrected chi connectivity index (χ4v) is 3.77. The third kappa shape index (κ3) is 2.71. The molecule has 1 aromatic heterocycles. The van der Waals surface area contributed by atoms with Gasteiger partial charge in [0, 0.05) is 17.8 Å². The van der Waals surface area contributed by atoms with Gasteiger partial charge in [-0.15, -0.1) is 0 Å². The highest BCUT2D eigenvalue weighted by Gasteiger charge is 2.25. The highest BCUT2D eigenvalue weighted by atomic mass is 14.8. The molecule has 1 fully saturated rings. The number of nitrogens with one attached hydrogen (secondary N) is 1. The number of fused-ring (bicyclic) bond motifs is 1. The van der Waals surface area contributed by atoms with Gasteiger partial charge in [0.25, 0.3) is 0 Å². The van der Waals surface area contributed by atoms with Crippen molar-refractivity contribution in [2.45, 2.75) is 38.0 Å². The van der Waals surface area contributed by atoms with E-state index in [1.54, 1.807) is 0 Å². The Morgan fingerprint density at radius 2 is 2.05 bits per heavy atom. The molecule has 0 spiro atoms. The van der Waals surface area contributed by atoms with E-state index >= 15 is 0 Å². The first-order valence-corrected chi connectivity index (χ1v) is 7.87. The predicted octanol–water partition coefficient (Wildman–Crippen LogP) is 4.12. The maximum absolute atomic E-state index is 4.26. The molecule has 0 saturated heterocycles. The van der Waals surface area contributed by atoms with Gasteiger partial charge < -0.3 is 5.32 Å². The van der Waals surface area contributed by atoms with Crippen molar-refractivity contribution in [3.05, 3.63) is 42.2 Å². The van der Waals surface area contributed by atoms with Crippen molar-refractivity contribution in [2.75, 3.05) is 13.6 Å². The number of rotatable bonds is 3. The van der Waals surface area contributed by atoms with Gasteiger partial charge in [0.1, 0.15) is 0 Å². The Kier molecular flexibility index (Phi) is 4.31. The maximum atomic E-state index is 4.26. The first-order chi connectivity index (χ1) is 9.90. The first-order valence-electron chi connectivity index (χ1n) is 7.87. The van der Waals surface area contributed by atoms with E-state index < -0.39 is 0 Å². The fraction of sp³-hybridized carbons (Fsp3) is 0.500. The highest BCUT2D eigenvalue weighted by molar-refractivity contribution is 5.85. The molecule has 1 aromatic carbocycles. The molecule has 1 heterocycles. The van der Waals surface area contributed by atoms with Gasteiger partial charge in [-0.05, 0) is 55.3 Å². The average molecular weight is 268 g/mol. The Bertz CT molecular complexity index is 559. The van der Waals surface area contributed by atoms with E-state index in [-0.39, 0.29) is 0 Å². The third-order valence-electron chi connectivity index (χ3n) is 4.74. The summed E-state index contributed by atoms with van der Waals surface area (Å²) in [6.07, 6.45) is 10.7. The average Bonchev–Trinajstić information content (AvgIpc) is 2.73. The molecular formula is C18H24N2. The largest absolute Gasteiger partial charge is 0.319 e. The molecule has 3 rings (SSSR count). The van der Waals surface area contributed by atoms with E-state index in [0.717, 1.165) is 12.5 Å². The lowest BCUT2D eigenvalue weighted by Crippen LogP contribution is -2.24. The Morgan fingerprint density at radius 3 is 2.95 bits per heavy atom. The van der Waals surface area contributed by atoms with Crippen molar-refractivity contribution in [3.8, 4) is 0 Å². The molecule has 1 saturated carbocycles. The summed E-state index contributed by atoms with van der Waals surface area (Å²) >= 11 is 0. The van der Waals surface area contributed by atoms with Crippen LogP contribution in [0, 0.1) is 5.92 Å². The Balaban J connectivity index is 2.02. The smallest absolute Gasteiger partial charge is 0.0346 e. The van der Waals surface area contributed by atoms with Gasteiger partial charge in [-0.25, -0.2) is 0 Å². The van der Waals surface area contributed by atoms with Crippen LogP contribution in [0.3, 0.4) is 0 Å². The van der Waals surface area contributed by atoms with Gasteiger partial charge in [0.15, 0.2) is 0 Å². The predicted molar refractivity (Wildman–Crippen MR) is 85.0 cm³/mol. The van der Waals surface area contributed by atoms with Crippen LogP contribution in [-0.4, -0.2) is 18.6 Å². The summed E-state index contributed by atoms with van der Waals surface area (Å²) in [5, 5.41) is 6.07. The van der Waals surface area contributed by atoms with E-state index in [9.17, 15) is 0 Å². The summed E-state index contributed by atoms with van der Waals surface area (Å²) in [5.41, 5.74) is 1.53. The van der Waals surface area contributed by atoms with Crippen molar-refractivity contribution < 1.29 is 0 Å². The van der Waals surface area contributed by atoms with Crippen molar-refractivity contribution in [3.63, 3.8) is 0 Å². The number of benzene rings is 1. The summed E-state index contributed by atoms with van der Waals surface area (Å²) in [4.78, 5) is 4.26. The Hall–Kier alpha value is -1.41. The normalized spacial score (nSPS) is 23.6. The van der Waals surface area contributed by atoms with Gasteiger partial charge in [-0.1, -0.05) is 37.5 Å². The third-order valence-corrected chi connectivity index (χ3v) is 4.74. The zero-order chi connectivity index (χ0) is 13.8. The molecule has 1 aliphatic carbocycles. The van der Waals surface area contributed by atoms with Crippen LogP contribution in [0.15, 0.2) is 36.7 Å². The van der Waals surface area contributed by atoms with Crippen LogP contribution in [0.2, 0.25) is 0 Å². The van der Waals surface area contributed by atoms with E-state index in [2.05, 4.69) is 41.6 Å². The maximum Gasteiger partial charge on any atom is 0.0346 e. The quantitative estimate of drug-likeness (QED) is 0.847. The molecule has 0 amide bonds. The summed E-state index contributed by atoms with van der Waals surface area (Å²) < 4.78 is 0. The minimum absolute atomic E-state index is 0.691.